The number of phenolic OH excluding ortho intramolecular Hbond substituents is 1. The maximum absolute atomic E-state index is 10.2. The van der Waals surface area contributed by atoms with Gasteiger partial charge in [-0.05, 0) is 50.3 Å². The van der Waals surface area contributed by atoms with E-state index in [0.717, 1.165) is 31.9 Å². The molecule has 110 valence electrons. The van der Waals surface area contributed by atoms with E-state index in [4.69, 9.17) is 0 Å². The van der Waals surface area contributed by atoms with Crippen LogP contribution in [0.1, 0.15) is 44.9 Å². The second-order valence-corrected chi connectivity index (χ2v) is 6.12. The zero-order chi connectivity index (χ0) is 13.8. The number of phenols is 1. The first-order chi connectivity index (χ1) is 9.84. The Morgan fingerprint density at radius 2 is 1.25 bits per heavy atom. The van der Waals surface area contributed by atoms with E-state index in [2.05, 4.69) is 21.9 Å². The van der Waals surface area contributed by atoms with Crippen LogP contribution < -0.4 is 9.80 Å². The highest BCUT2D eigenvalue weighted by Gasteiger charge is 2.17. The van der Waals surface area contributed by atoms with Gasteiger partial charge in [0.25, 0.3) is 0 Å². The largest absolute Gasteiger partial charge is 0.506 e. The maximum Gasteiger partial charge on any atom is 0.139 e. The Balaban J connectivity index is 1.81. The van der Waals surface area contributed by atoms with Crippen LogP contribution in [0.4, 0.5) is 11.4 Å². The van der Waals surface area contributed by atoms with Crippen molar-refractivity contribution in [1.82, 2.24) is 0 Å². The van der Waals surface area contributed by atoms with E-state index in [9.17, 15) is 5.11 Å². The molecule has 1 N–H and O–H groups in total. The summed E-state index contributed by atoms with van der Waals surface area (Å²) in [6, 6.07) is 6.15. The molecule has 0 aromatic heterocycles. The van der Waals surface area contributed by atoms with Crippen molar-refractivity contribution in [3.8, 4) is 5.75 Å². The molecule has 0 bridgehead atoms. The molecule has 0 radical (unpaired) electrons. The lowest BCUT2D eigenvalue weighted by Crippen LogP contribution is -2.30. The predicted octanol–water partition coefficient (Wildman–Crippen LogP) is 3.76. The van der Waals surface area contributed by atoms with Crippen LogP contribution in [0.25, 0.3) is 0 Å². The number of hydrogen-bond acceptors (Lipinski definition) is 3. The maximum atomic E-state index is 10.2. The standard InChI is InChI=1S/C17H26N2O/c20-17-9-8-15(18-10-6-3-7-11-18)14-16(17)19-12-4-1-2-5-13-19/h8-9,14,20H,1-7,10-13H2. The quantitative estimate of drug-likeness (QED) is 0.889. The van der Waals surface area contributed by atoms with Crippen molar-refractivity contribution in [1.29, 1.82) is 0 Å². The first kappa shape index (κ1) is 13.6. The van der Waals surface area contributed by atoms with E-state index in [1.807, 2.05) is 6.07 Å². The fourth-order valence-corrected chi connectivity index (χ4v) is 3.43. The summed E-state index contributed by atoms with van der Waals surface area (Å²) in [5.74, 6) is 0.438. The third-order valence-electron chi connectivity index (χ3n) is 4.63. The van der Waals surface area contributed by atoms with Crippen molar-refractivity contribution in [3.63, 3.8) is 0 Å². The molecule has 0 atom stereocenters. The van der Waals surface area contributed by atoms with Crippen molar-refractivity contribution in [2.45, 2.75) is 44.9 Å². The van der Waals surface area contributed by atoms with E-state index < -0.39 is 0 Å². The lowest BCUT2D eigenvalue weighted by Gasteiger charge is -2.31. The van der Waals surface area contributed by atoms with Gasteiger partial charge in [0.2, 0.25) is 0 Å². The van der Waals surface area contributed by atoms with Crippen LogP contribution in [0.15, 0.2) is 18.2 Å². The number of benzene rings is 1. The summed E-state index contributed by atoms with van der Waals surface area (Å²) < 4.78 is 0. The Morgan fingerprint density at radius 3 is 1.90 bits per heavy atom. The summed E-state index contributed by atoms with van der Waals surface area (Å²) in [6.07, 6.45) is 9.07. The van der Waals surface area contributed by atoms with Gasteiger partial charge in [-0.3, -0.25) is 0 Å². The normalized spacial score (nSPS) is 20.8. The Labute approximate surface area is 122 Å². The summed E-state index contributed by atoms with van der Waals surface area (Å²) in [4.78, 5) is 4.83. The van der Waals surface area contributed by atoms with Gasteiger partial charge in [0.15, 0.2) is 0 Å². The molecule has 1 aromatic carbocycles. The van der Waals surface area contributed by atoms with Gasteiger partial charge in [0, 0.05) is 31.9 Å². The highest BCUT2D eigenvalue weighted by molar-refractivity contribution is 5.66. The molecule has 0 spiro atoms. The van der Waals surface area contributed by atoms with Crippen LogP contribution in [0.3, 0.4) is 0 Å². The number of piperidine rings is 1. The Kier molecular flexibility index (Phi) is 4.34. The summed E-state index contributed by atoms with van der Waals surface area (Å²) in [6.45, 7) is 4.47. The molecule has 2 saturated heterocycles. The molecule has 3 rings (SSSR count). The third-order valence-corrected chi connectivity index (χ3v) is 4.63. The van der Waals surface area contributed by atoms with Gasteiger partial charge in [-0.25, -0.2) is 0 Å². The fraction of sp³-hybridized carbons (Fsp3) is 0.647. The minimum absolute atomic E-state index is 0.438. The van der Waals surface area contributed by atoms with Gasteiger partial charge in [0.05, 0.1) is 5.69 Å². The second-order valence-electron chi connectivity index (χ2n) is 6.12. The topological polar surface area (TPSA) is 26.7 Å². The van der Waals surface area contributed by atoms with Gasteiger partial charge in [-0.2, -0.15) is 0 Å². The Hall–Kier alpha value is -1.38. The van der Waals surface area contributed by atoms with Crippen LogP contribution >= 0.6 is 0 Å². The monoisotopic (exact) mass is 274 g/mol. The molecule has 2 fully saturated rings. The summed E-state index contributed by atoms with van der Waals surface area (Å²) in [7, 11) is 0. The predicted molar refractivity (Wildman–Crippen MR) is 84.9 cm³/mol. The van der Waals surface area contributed by atoms with Gasteiger partial charge >= 0.3 is 0 Å². The van der Waals surface area contributed by atoms with Crippen LogP contribution in [0, 0.1) is 0 Å². The number of rotatable bonds is 2. The molecule has 0 unspecified atom stereocenters. The molecule has 3 heteroatoms. The van der Waals surface area contributed by atoms with Crippen molar-refractivity contribution >= 4 is 11.4 Å². The average Bonchev–Trinajstić information content (AvgIpc) is 2.78. The zero-order valence-corrected chi connectivity index (χ0v) is 12.4. The van der Waals surface area contributed by atoms with Crippen molar-refractivity contribution < 1.29 is 5.11 Å². The molecule has 0 saturated carbocycles. The fourth-order valence-electron chi connectivity index (χ4n) is 3.43. The van der Waals surface area contributed by atoms with Crippen molar-refractivity contribution in [3.05, 3.63) is 18.2 Å². The molecular weight excluding hydrogens is 248 g/mol. The lowest BCUT2D eigenvalue weighted by atomic mass is 10.1. The molecule has 2 heterocycles. The van der Waals surface area contributed by atoms with E-state index in [1.165, 1.54) is 50.6 Å². The van der Waals surface area contributed by atoms with Gasteiger partial charge < -0.3 is 14.9 Å². The molecular formula is C17H26N2O. The minimum atomic E-state index is 0.438. The number of hydrogen-bond donors (Lipinski definition) is 1. The number of aromatic hydroxyl groups is 1. The Bertz CT molecular complexity index is 433. The molecule has 2 aliphatic heterocycles. The molecule has 1 aromatic rings. The van der Waals surface area contributed by atoms with Crippen LogP contribution in [0.2, 0.25) is 0 Å². The smallest absolute Gasteiger partial charge is 0.139 e. The molecule has 0 aliphatic carbocycles. The first-order valence-electron chi connectivity index (χ1n) is 8.17. The highest BCUT2D eigenvalue weighted by Crippen LogP contribution is 2.34. The van der Waals surface area contributed by atoms with Crippen LogP contribution in [-0.2, 0) is 0 Å². The molecule has 0 amide bonds. The average molecular weight is 274 g/mol. The second kappa shape index (κ2) is 6.38. The molecule has 2 aliphatic rings. The first-order valence-corrected chi connectivity index (χ1v) is 8.17. The number of nitrogens with zero attached hydrogens (tertiary/aromatic N) is 2. The van der Waals surface area contributed by atoms with Crippen LogP contribution in [-0.4, -0.2) is 31.3 Å². The number of anilines is 2. The van der Waals surface area contributed by atoms with Gasteiger partial charge in [0.1, 0.15) is 5.75 Å². The summed E-state index contributed by atoms with van der Waals surface area (Å²) >= 11 is 0. The van der Waals surface area contributed by atoms with Gasteiger partial charge in [-0.1, -0.05) is 12.8 Å². The Morgan fingerprint density at radius 1 is 0.700 bits per heavy atom. The molecule has 3 nitrogen and oxygen atoms in total. The molecule has 20 heavy (non-hydrogen) atoms. The van der Waals surface area contributed by atoms with E-state index in [-0.39, 0.29) is 0 Å². The van der Waals surface area contributed by atoms with Gasteiger partial charge in [-0.15, -0.1) is 0 Å². The van der Waals surface area contributed by atoms with Crippen molar-refractivity contribution in [2.75, 3.05) is 36.0 Å². The third kappa shape index (κ3) is 3.02. The van der Waals surface area contributed by atoms with E-state index in [1.54, 1.807) is 0 Å². The van der Waals surface area contributed by atoms with Crippen molar-refractivity contribution in [2.24, 2.45) is 0 Å². The summed E-state index contributed by atoms with van der Waals surface area (Å²) in [5.41, 5.74) is 2.32. The highest BCUT2D eigenvalue weighted by atomic mass is 16.3. The minimum Gasteiger partial charge on any atom is -0.506 e. The van der Waals surface area contributed by atoms with Crippen LogP contribution in [0.5, 0.6) is 5.75 Å². The SMILES string of the molecule is Oc1ccc(N2CCCCC2)cc1N1CCCCCC1. The van der Waals surface area contributed by atoms with E-state index >= 15 is 0 Å². The zero-order valence-electron chi connectivity index (χ0n) is 12.4. The summed E-state index contributed by atoms with van der Waals surface area (Å²) in [5, 5.41) is 10.2. The van der Waals surface area contributed by atoms with E-state index in [0.29, 0.717) is 5.75 Å². The lowest BCUT2D eigenvalue weighted by molar-refractivity contribution is 0.473.